The molecular formula is C27H39F3N2O5. The van der Waals surface area contributed by atoms with Crippen molar-refractivity contribution in [1.29, 1.82) is 0 Å². The largest absolute Gasteiger partial charge is 0.482 e. The van der Waals surface area contributed by atoms with Gasteiger partial charge in [0.05, 0.1) is 5.56 Å². The van der Waals surface area contributed by atoms with E-state index in [-0.39, 0.29) is 17.4 Å². The Morgan fingerprint density at radius 1 is 0.919 bits per heavy atom. The van der Waals surface area contributed by atoms with Crippen molar-refractivity contribution < 1.29 is 37.0 Å². The molecule has 2 aliphatic rings. The molecule has 37 heavy (non-hydrogen) atoms. The normalized spacial score (nSPS) is 18.7. The van der Waals surface area contributed by atoms with E-state index in [1.807, 2.05) is 20.8 Å². The van der Waals surface area contributed by atoms with Gasteiger partial charge in [-0.1, -0.05) is 6.07 Å². The number of rotatable bonds is 5. The molecule has 2 fully saturated rings. The number of alkyl halides is 3. The van der Waals surface area contributed by atoms with Crippen molar-refractivity contribution in [2.24, 2.45) is 0 Å². The first-order valence-electron chi connectivity index (χ1n) is 12.8. The summed E-state index contributed by atoms with van der Waals surface area (Å²) in [6, 6.07) is 3.42. The number of carbonyl (C=O) groups excluding carboxylic acids is 2. The van der Waals surface area contributed by atoms with Crippen LogP contribution < -0.4 is 4.74 Å². The molecule has 1 amide bonds. The Hall–Kier alpha value is -2.49. The predicted molar refractivity (Wildman–Crippen MR) is 132 cm³/mol. The standard InChI is InChI=1S/C27H39F3N2O5/c1-24(2,3)36-22(33)18-35-21-16-20(27(28,29)30)9-8-19(21)17-32-13-7-10-26(32)11-14-31(15-12-26)23(34)37-25(4,5)6/h8-9,16H,7,10-15,17-18H2,1-6H3. The summed E-state index contributed by atoms with van der Waals surface area (Å²) >= 11 is 0. The van der Waals surface area contributed by atoms with Crippen molar-refractivity contribution in [2.45, 2.75) is 96.7 Å². The number of nitrogens with zero attached hydrogens (tertiary/aromatic N) is 2. The smallest absolute Gasteiger partial charge is 0.416 e. The third-order valence-electron chi connectivity index (χ3n) is 6.61. The number of amides is 1. The van der Waals surface area contributed by atoms with Crippen LogP contribution in [0.1, 0.15) is 78.4 Å². The molecule has 0 atom stereocenters. The van der Waals surface area contributed by atoms with Gasteiger partial charge >= 0.3 is 18.2 Å². The Kier molecular flexibility index (Phi) is 8.41. The lowest BCUT2D eigenvalue weighted by atomic mass is 9.84. The van der Waals surface area contributed by atoms with Gasteiger partial charge in [-0.3, -0.25) is 4.90 Å². The maximum atomic E-state index is 13.4. The van der Waals surface area contributed by atoms with Gasteiger partial charge in [0, 0.05) is 30.7 Å². The fourth-order valence-electron chi connectivity index (χ4n) is 4.95. The van der Waals surface area contributed by atoms with Gasteiger partial charge in [0.1, 0.15) is 17.0 Å². The number of benzene rings is 1. The monoisotopic (exact) mass is 528 g/mol. The zero-order valence-corrected chi connectivity index (χ0v) is 22.7. The third kappa shape index (κ3) is 7.99. The molecule has 7 nitrogen and oxygen atoms in total. The van der Waals surface area contributed by atoms with Gasteiger partial charge in [-0.15, -0.1) is 0 Å². The minimum absolute atomic E-state index is 0.0222. The molecule has 0 radical (unpaired) electrons. The molecule has 0 bridgehead atoms. The molecule has 0 saturated carbocycles. The highest BCUT2D eigenvalue weighted by atomic mass is 19.4. The summed E-state index contributed by atoms with van der Waals surface area (Å²) in [6.45, 7) is 12.4. The van der Waals surface area contributed by atoms with E-state index >= 15 is 0 Å². The van der Waals surface area contributed by atoms with Crippen molar-refractivity contribution in [2.75, 3.05) is 26.2 Å². The Morgan fingerprint density at radius 2 is 1.54 bits per heavy atom. The number of likely N-dealkylation sites (tertiary alicyclic amines) is 2. The van der Waals surface area contributed by atoms with Gasteiger partial charge in [0.15, 0.2) is 6.61 Å². The quantitative estimate of drug-likeness (QED) is 0.451. The van der Waals surface area contributed by atoms with Crippen LogP contribution in [0.15, 0.2) is 18.2 Å². The van der Waals surface area contributed by atoms with Crippen LogP contribution in [-0.4, -0.2) is 64.8 Å². The van der Waals surface area contributed by atoms with Gasteiger partial charge in [0.2, 0.25) is 0 Å². The van der Waals surface area contributed by atoms with E-state index in [0.717, 1.165) is 44.4 Å². The summed E-state index contributed by atoms with van der Waals surface area (Å²) in [5.41, 5.74) is -1.70. The Balaban J connectivity index is 1.74. The molecule has 10 heteroatoms. The third-order valence-corrected chi connectivity index (χ3v) is 6.61. The number of carbonyl (C=O) groups is 2. The highest BCUT2D eigenvalue weighted by Crippen LogP contribution is 2.41. The van der Waals surface area contributed by atoms with Crippen LogP contribution in [0.2, 0.25) is 0 Å². The average Bonchev–Trinajstić information content (AvgIpc) is 3.11. The van der Waals surface area contributed by atoms with Crippen LogP contribution in [0.3, 0.4) is 0 Å². The van der Waals surface area contributed by atoms with Crippen molar-refractivity contribution in [3.63, 3.8) is 0 Å². The van der Waals surface area contributed by atoms with Gasteiger partial charge < -0.3 is 19.1 Å². The van der Waals surface area contributed by atoms with Crippen LogP contribution in [-0.2, 0) is 27.0 Å². The van der Waals surface area contributed by atoms with Crippen LogP contribution in [0.4, 0.5) is 18.0 Å². The number of hydrogen-bond donors (Lipinski definition) is 0. The second-order valence-corrected chi connectivity index (χ2v) is 11.9. The van der Waals surface area contributed by atoms with Crippen LogP contribution >= 0.6 is 0 Å². The van der Waals surface area contributed by atoms with Gasteiger partial charge in [-0.05, 0) is 85.9 Å². The second-order valence-electron chi connectivity index (χ2n) is 11.9. The molecule has 0 aliphatic carbocycles. The average molecular weight is 529 g/mol. The number of hydrogen-bond acceptors (Lipinski definition) is 6. The zero-order chi connectivity index (χ0) is 27.6. The van der Waals surface area contributed by atoms with Gasteiger partial charge in [-0.2, -0.15) is 13.2 Å². The molecule has 3 rings (SSSR count). The van der Waals surface area contributed by atoms with Crippen LogP contribution in [0.25, 0.3) is 0 Å². The summed E-state index contributed by atoms with van der Waals surface area (Å²) < 4.78 is 56.6. The van der Waals surface area contributed by atoms with E-state index in [2.05, 4.69) is 4.90 Å². The lowest BCUT2D eigenvalue weighted by molar-refractivity contribution is -0.157. The number of halogens is 3. The van der Waals surface area contributed by atoms with E-state index in [0.29, 0.717) is 25.2 Å². The zero-order valence-electron chi connectivity index (χ0n) is 22.7. The lowest BCUT2D eigenvalue weighted by Gasteiger charge is -2.45. The van der Waals surface area contributed by atoms with Crippen molar-refractivity contribution in [3.8, 4) is 5.75 Å². The Labute approximate surface area is 217 Å². The van der Waals surface area contributed by atoms with Crippen molar-refractivity contribution in [1.82, 2.24) is 9.80 Å². The van der Waals surface area contributed by atoms with Gasteiger partial charge in [-0.25, -0.2) is 9.59 Å². The summed E-state index contributed by atoms with van der Waals surface area (Å²) in [5.74, 6) is -0.628. The summed E-state index contributed by atoms with van der Waals surface area (Å²) in [5, 5.41) is 0. The molecular weight excluding hydrogens is 489 g/mol. The predicted octanol–water partition coefficient (Wildman–Crippen LogP) is 5.79. The highest BCUT2D eigenvalue weighted by molar-refractivity contribution is 5.71. The Morgan fingerprint density at radius 3 is 2.11 bits per heavy atom. The molecule has 208 valence electrons. The van der Waals surface area contributed by atoms with Crippen LogP contribution in [0, 0.1) is 0 Å². The van der Waals surface area contributed by atoms with Gasteiger partial charge in [0.25, 0.3) is 0 Å². The first kappa shape index (κ1) is 29.1. The summed E-state index contributed by atoms with van der Waals surface area (Å²) in [6.07, 6.45) is -1.45. The minimum atomic E-state index is -4.54. The van der Waals surface area contributed by atoms with Crippen LogP contribution in [0.5, 0.6) is 5.75 Å². The van der Waals surface area contributed by atoms with E-state index in [4.69, 9.17) is 14.2 Å². The molecule has 1 aromatic carbocycles. The molecule has 0 aromatic heterocycles. The minimum Gasteiger partial charge on any atom is -0.482 e. The SMILES string of the molecule is CC(C)(C)OC(=O)COc1cc(C(F)(F)F)ccc1CN1CCCC12CCN(C(=O)OC(C)(C)C)CC2. The molecule has 0 N–H and O–H groups in total. The molecule has 1 aromatic rings. The van der Waals surface area contributed by atoms with E-state index in [1.54, 1.807) is 25.7 Å². The summed E-state index contributed by atoms with van der Waals surface area (Å²) in [7, 11) is 0. The van der Waals surface area contributed by atoms with Crippen molar-refractivity contribution in [3.05, 3.63) is 29.3 Å². The molecule has 2 saturated heterocycles. The molecule has 1 spiro atoms. The fraction of sp³-hybridized carbons (Fsp3) is 0.704. The second kappa shape index (κ2) is 10.7. The topological polar surface area (TPSA) is 68.3 Å². The molecule has 2 aliphatic heterocycles. The first-order valence-corrected chi connectivity index (χ1v) is 12.8. The molecule has 2 heterocycles. The van der Waals surface area contributed by atoms with E-state index in [1.165, 1.54) is 6.07 Å². The Bertz CT molecular complexity index is 974. The summed E-state index contributed by atoms with van der Waals surface area (Å²) in [4.78, 5) is 28.7. The maximum absolute atomic E-state index is 13.4. The number of ether oxygens (including phenoxy) is 3. The lowest BCUT2D eigenvalue weighted by Crippen LogP contribution is -2.53. The van der Waals surface area contributed by atoms with E-state index < -0.39 is 35.5 Å². The number of piperidine rings is 1. The fourth-order valence-corrected chi connectivity index (χ4v) is 4.95. The number of esters is 1. The van der Waals surface area contributed by atoms with Crippen molar-refractivity contribution >= 4 is 12.1 Å². The maximum Gasteiger partial charge on any atom is 0.416 e. The highest BCUT2D eigenvalue weighted by Gasteiger charge is 2.44. The van der Waals surface area contributed by atoms with E-state index in [9.17, 15) is 22.8 Å². The first-order chi connectivity index (χ1) is 17.0. The molecule has 0 unspecified atom stereocenters.